The second-order valence-electron chi connectivity index (χ2n) is 16.6. The second-order valence-corrected chi connectivity index (χ2v) is 16.6. The molecule has 8 aromatic rings. The zero-order chi connectivity index (χ0) is 40.0. The molecule has 0 bridgehead atoms. The number of nitrogens with zero attached hydrogens (tertiary/aromatic N) is 2. The van der Waals surface area contributed by atoms with Gasteiger partial charge in [-0.3, -0.25) is 0 Å². The van der Waals surface area contributed by atoms with Gasteiger partial charge in [-0.1, -0.05) is 145 Å². The lowest BCUT2D eigenvalue weighted by molar-refractivity contribution is 0.648. The molecular weight excluding hydrogens is 689 g/mol. The lowest BCUT2D eigenvalue weighted by atomic mass is 9.86. The maximum atomic E-state index is 2.48. The second kappa shape index (κ2) is 15.4. The topological polar surface area (TPSA) is 9.86 Å². The zero-order valence-electron chi connectivity index (χ0n) is 35.0. The lowest BCUT2D eigenvalue weighted by Gasteiger charge is -2.18. The van der Waals surface area contributed by atoms with Crippen molar-refractivity contribution < 1.29 is 0 Å². The van der Waals surface area contributed by atoms with Gasteiger partial charge in [0.25, 0.3) is 0 Å². The van der Waals surface area contributed by atoms with Crippen molar-refractivity contribution in [3.63, 3.8) is 0 Å². The van der Waals surface area contributed by atoms with Crippen molar-refractivity contribution in [2.75, 3.05) is 0 Å². The molecule has 6 aromatic carbocycles. The van der Waals surface area contributed by atoms with Crippen molar-refractivity contribution in [1.29, 1.82) is 0 Å². The van der Waals surface area contributed by atoms with Gasteiger partial charge in [0.15, 0.2) is 0 Å². The average Bonchev–Trinajstić information content (AvgIpc) is 3.72. The summed E-state index contributed by atoms with van der Waals surface area (Å²) in [4.78, 5) is 0. The monoisotopic (exact) mass is 742 g/mol. The van der Waals surface area contributed by atoms with Crippen molar-refractivity contribution in [2.24, 2.45) is 5.92 Å². The van der Waals surface area contributed by atoms with E-state index in [9.17, 15) is 0 Å². The largest absolute Gasteiger partial charge is 0.320 e. The van der Waals surface area contributed by atoms with E-state index in [1.54, 1.807) is 0 Å². The predicted molar refractivity (Wildman–Crippen MR) is 244 cm³/mol. The van der Waals surface area contributed by atoms with Gasteiger partial charge in [-0.25, -0.2) is 0 Å². The van der Waals surface area contributed by atoms with Gasteiger partial charge in [0.2, 0.25) is 0 Å². The first-order valence-electron chi connectivity index (χ1n) is 20.4. The number of aromatic nitrogens is 2. The van der Waals surface area contributed by atoms with Crippen LogP contribution in [0.2, 0.25) is 0 Å². The Kier molecular flexibility index (Phi) is 10.2. The molecule has 0 radical (unpaired) electrons. The Labute approximate surface area is 340 Å². The molecule has 57 heavy (non-hydrogen) atoms. The van der Waals surface area contributed by atoms with Gasteiger partial charge >= 0.3 is 0 Å². The van der Waals surface area contributed by atoms with Crippen molar-refractivity contribution in [3.05, 3.63) is 191 Å². The minimum atomic E-state index is 0.509. The summed E-state index contributed by atoms with van der Waals surface area (Å²) in [6.07, 6.45) is 5.65. The molecule has 0 saturated carbocycles. The molecule has 0 saturated heterocycles. The molecule has 0 aliphatic rings. The van der Waals surface area contributed by atoms with Gasteiger partial charge in [-0.05, 0) is 130 Å². The van der Waals surface area contributed by atoms with Crippen LogP contribution in [0.3, 0.4) is 0 Å². The van der Waals surface area contributed by atoms with Crippen LogP contribution in [-0.4, -0.2) is 9.13 Å². The summed E-state index contributed by atoms with van der Waals surface area (Å²) in [5.74, 6) is 0.509. The average molecular weight is 743 g/mol. The van der Waals surface area contributed by atoms with Gasteiger partial charge in [-0.15, -0.1) is 0 Å². The molecule has 2 nitrogen and oxygen atoms in total. The quantitative estimate of drug-likeness (QED) is 0.139. The van der Waals surface area contributed by atoms with Crippen molar-refractivity contribution in [3.8, 4) is 67.0 Å². The van der Waals surface area contributed by atoms with Crippen LogP contribution in [0.5, 0.6) is 0 Å². The molecule has 0 aliphatic carbocycles. The first kappa shape index (κ1) is 37.8. The Bertz CT molecular complexity index is 2700. The van der Waals surface area contributed by atoms with Gasteiger partial charge in [-0.2, -0.15) is 0 Å². The van der Waals surface area contributed by atoms with Crippen LogP contribution in [0.25, 0.3) is 67.0 Å². The van der Waals surface area contributed by atoms with Crippen molar-refractivity contribution in [2.45, 2.75) is 68.7 Å². The highest BCUT2D eigenvalue weighted by Gasteiger charge is 2.21. The fourth-order valence-corrected chi connectivity index (χ4v) is 8.53. The Morgan fingerprint density at radius 3 is 1.16 bits per heavy atom. The van der Waals surface area contributed by atoms with Crippen LogP contribution in [0.15, 0.2) is 146 Å². The lowest BCUT2D eigenvalue weighted by Crippen LogP contribution is -2.00. The third-order valence-corrected chi connectivity index (χ3v) is 11.7. The molecule has 284 valence electrons. The Balaban J connectivity index is 1.25. The smallest absolute Gasteiger partial charge is 0.0452 e. The molecule has 0 N–H and O–H groups in total. The van der Waals surface area contributed by atoms with E-state index in [2.05, 4.69) is 217 Å². The van der Waals surface area contributed by atoms with E-state index < -0.39 is 0 Å². The molecule has 2 heteroatoms. The van der Waals surface area contributed by atoms with E-state index in [0.717, 1.165) is 6.42 Å². The molecule has 0 fully saturated rings. The first-order valence-corrected chi connectivity index (χ1v) is 20.4. The molecular formula is C55H54N2. The maximum absolute atomic E-state index is 2.48. The summed E-state index contributed by atoms with van der Waals surface area (Å²) in [5.41, 5.74) is 25.3. The summed E-state index contributed by atoms with van der Waals surface area (Å²) >= 11 is 0. The van der Waals surface area contributed by atoms with Crippen LogP contribution < -0.4 is 0 Å². The van der Waals surface area contributed by atoms with Gasteiger partial charge < -0.3 is 9.13 Å². The number of benzene rings is 6. The Hall–Kier alpha value is -6.12. The summed E-state index contributed by atoms with van der Waals surface area (Å²) in [6, 6.07) is 50.0. The van der Waals surface area contributed by atoms with E-state index in [1.807, 2.05) is 0 Å². The van der Waals surface area contributed by atoms with E-state index >= 15 is 0 Å². The number of rotatable bonds is 9. The maximum Gasteiger partial charge on any atom is 0.0452 e. The highest BCUT2D eigenvalue weighted by molar-refractivity contribution is 5.90. The first-order chi connectivity index (χ1) is 27.4. The van der Waals surface area contributed by atoms with Crippen molar-refractivity contribution >= 4 is 0 Å². The zero-order valence-corrected chi connectivity index (χ0v) is 35.0. The predicted octanol–water partition coefficient (Wildman–Crippen LogP) is 15.0. The highest BCUT2D eigenvalue weighted by atomic mass is 15.0. The summed E-state index contributed by atoms with van der Waals surface area (Å²) in [5, 5.41) is 0. The summed E-state index contributed by atoms with van der Waals surface area (Å²) in [7, 11) is 0. The van der Waals surface area contributed by atoms with Crippen LogP contribution in [-0.2, 0) is 6.42 Å². The van der Waals surface area contributed by atoms with Crippen LogP contribution >= 0.6 is 0 Å². The molecule has 0 spiro atoms. The fraction of sp³-hybridized carbons (Fsp3) is 0.200. The molecule has 2 aromatic heterocycles. The molecule has 0 amide bonds. The Morgan fingerprint density at radius 2 is 0.754 bits per heavy atom. The van der Waals surface area contributed by atoms with Gasteiger partial charge in [0.1, 0.15) is 0 Å². The standard InChI is InChI=1S/C55H54N2/c1-35(2)30-47-32-46(55-42(9)57(49-26-16-39(6)17-27-49)34-53(55)44-20-12-37(4)13-21-44)23-29-51(47)50-28-22-45(31-40(50)7)54-41(8)56(48-24-14-38(5)15-25-48)33-52(54)43-18-10-36(3)11-19-43/h10-29,31-35H,30H2,1-9H3. The van der Waals surface area contributed by atoms with Gasteiger partial charge in [0, 0.05) is 57.4 Å². The van der Waals surface area contributed by atoms with Crippen LogP contribution in [0.4, 0.5) is 0 Å². The van der Waals surface area contributed by atoms with E-state index in [0.29, 0.717) is 5.92 Å². The molecule has 0 aliphatic heterocycles. The number of aryl methyl sites for hydroxylation is 5. The van der Waals surface area contributed by atoms with E-state index in [1.165, 1.54) is 112 Å². The minimum absolute atomic E-state index is 0.509. The normalized spacial score (nSPS) is 11.5. The van der Waals surface area contributed by atoms with Gasteiger partial charge in [0.05, 0.1) is 0 Å². The SMILES string of the molecule is Cc1ccc(-c2cn(-c3ccc(C)cc3)c(C)c2-c2ccc(-c3ccc(-c4c(-c5ccc(C)cc5)cn(-c5ccc(C)cc5)c4C)cc3CC(C)C)c(C)c2)cc1. The minimum Gasteiger partial charge on any atom is -0.320 e. The Morgan fingerprint density at radius 1 is 0.386 bits per heavy atom. The molecule has 8 rings (SSSR count). The van der Waals surface area contributed by atoms with Crippen molar-refractivity contribution in [1.82, 2.24) is 9.13 Å². The van der Waals surface area contributed by atoms with Crippen LogP contribution in [0.1, 0.15) is 58.6 Å². The number of hydrogen-bond acceptors (Lipinski definition) is 0. The third kappa shape index (κ3) is 7.45. The van der Waals surface area contributed by atoms with E-state index in [4.69, 9.17) is 0 Å². The van der Waals surface area contributed by atoms with E-state index in [-0.39, 0.29) is 0 Å². The molecule has 0 atom stereocenters. The molecule has 2 heterocycles. The summed E-state index contributed by atoms with van der Waals surface area (Å²) < 4.78 is 4.72. The number of hydrogen-bond donors (Lipinski definition) is 0. The third-order valence-electron chi connectivity index (χ3n) is 11.7. The molecule has 0 unspecified atom stereocenters. The fourth-order valence-electron chi connectivity index (χ4n) is 8.53. The van der Waals surface area contributed by atoms with Crippen LogP contribution in [0, 0.1) is 54.4 Å². The highest BCUT2D eigenvalue weighted by Crippen LogP contribution is 2.43. The summed E-state index contributed by atoms with van der Waals surface area (Å²) in [6.45, 7) is 20.1.